The van der Waals surface area contributed by atoms with E-state index in [-0.39, 0.29) is 11.0 Å². The van der Waals surface area contributed by atoms with Crippen molar-refractivity contribution >= 4 is 17.1 Å². The van der Waals surface area contributed by atoms with Crippen molar-refractivity contribution in [3.63, 3.8) is 0 Å². The van der Waals surface area contributed by atoms with Crippen LogP contribution in [0.4, 0.5) is 0 Å². The molecule has 1 aliphatic heterocycles. The SMILES string of the molecule is CC(C)(C)Cc1cc2c3c(c1)nc(-c1ccccc1)n3C(C)(C)C=C2. The summed E-state index contributed by atoms with van der Waals surface area (Å²) in [6.45, 7) is 11.4. The zero-order valence-corrected chi connectivity index (χ0v) is 15.8. The van der Waals surface area contributed by atoms with Gasteiger partial charge in [-0.1, -0.05) is 63.3 Å². The second kappa shape index (κ2) is 5.32. The average Bonchev–Trinajstić information content (AvgIpc) is 2.92. The summed E-state index contributed by atoms with van der Waals surface area (Å²) in [4.78, 5) is 5.06. The van der Waals surface area contributed by atoms with Crippen molar-refractivity contribution in [2.45, 2.75) is 46.6 Å². The van der Waals surface area contributed by atoms with E-state index in [1.165, 1.54) is 22.2 Å². The fraction of sp³-hybridized carbons (Fsp3) is 0.348. The number of nitrogens with zero attached hydrogens (tertiary/aromatic N) is 2. The summed E-state index contributed by atoms with van der Waals surface area (Å²) in [7, 11) is 0. The molecule has 0 radical (unpaired) electrons. The Labute approximate surface area is 150 Å². The molecule has 0 fully saturated rings. The van der Waals surface area contributed by atoms with E-state index in [9.17, 15) is 0 Å². The van der Waals surface area contributed by atoms with Gasteiger partial charge in [0.15, 0.2) is 0 Å². The van der Waals surface area contributed by atoms with E-state index >= 15 is 0 Å². The van der Waals surface area contributed by atoms with Crippen molar-refractivity contribution in [1.82, 2.24) is 9.55 Å². The van der Waals surface area contributed by atoms with Gasteiger partial charge in [0.2, 0.25) is 0 Å². The number of aromatic nitrogens is 2. The largest absolute Gasteiger partial charge is 0.314 e. The molecule has 0 spiro atoms. The first-order valence-corrected chi connectivity index (χ1v) is 9.05. The van der Waals surface area contributed by atoms with Gasteiger partial charge in [-0.05, 0) is 43.4 Å². The van der Waals surface area contributed by atoms with Gasteiger partial charge in [0.25, 0.3) is 0 Å². The van der Waals surface area contributed by atoms with Gasteiger partial charge >= 0.3 is 0 Å². The summed E-state index contributed by atoms with van der Waals surface area (Å²) in [6.07, 6.45) is 5.62. The van der Waals surface area contributed by atoms with Gasteiger partial charge in [0, 0.05) is 11.1 Å². The molecular weight excluding hydrogens is 304 g/mol. The molecule has 1 aromatic heterocycles. The first-order valence-electron chi connectivity index (χ1n) is 9.05. The summed E-state index contributed by atoms with van der Waals surface area (Å²) in [5.41, 5.74) is 6.36. The van der Waals surface area contributed by atoms with E-state index in [1.54, 1.807) is 0 Å². The van der Waals surface area contributed by atoms with Crippen molar-refractivity contribution in [1.29, 1.82) is 0 Å². The van der Waals surface area contributed by atoms with Crippen LogP contribution < -0.4 is 0 Å². The Morgan fingerprint density at radius 1 is 1.04 bits per heavy atom. The predicted molar refractivity (Wildman–Crippen MR) is 107 cm³/mol. The lowest BCUT2D eigenvalue weighted by Crippen LogP contribution is -2.26. The Balaban J connectivity index is 1.99. The molecule has 4 rings (SSSR count). The summed E-state index contributed by atoms with van der Waals surface area (Å²) in [5.74, 6) is 1.05. The lowest BCUT2D eigenvalue weighted by atomic mass is 9.86. The van der Waals surface area contributed by atoms with Gasteiger partial charge in [-0.2, -0.15) is 0 Å². The zero-order valence-electron chi connectivity index (χ0n) is 15.8. The maximum Gasteiger partial charge on any atom is 0.141 e. The van der Waals surface area contributed by atoms with E-state index in [4.69, 9.17) is 4.98 Å². The van der Waals surface area contributed by atoms with Gasteiger partial charge in [0.1, 0.15) is 5.82 Å². The quantitative estimate of drug-likeness (QED) is 0.559. The molecule has 1 aliphatic rings. The monoisotopic (exact) mass is 330 g/mol. The Morgan fingerprint density at radius 3 is 2.44 bits per heavy atom. The van der Waals surface area contributed by atoms with Gasteiger partial charge in [-0.3, -0.25) is 0 Å². The van der Waals surface area contributed by atoms with Crippen molar-refractivity contribution in [2.24, 2.45) is 5.41 Å². The molecule has 128 valence electrons. The fourth-order valence-corrected chi connectivity index (χ4v) is 3.85. The topological polar surface area (TPSA) is 17.8 Å². The Kier molecular flexibility index (Phi) is 3.44. The molecule has 2 aromatic carbocycles. The molecule has 0 atom stereocenters. The molecule has 2 heteroatoms. The maximum absolute atomic E-state index is 5.06. The first-order chi connectivity index (χ1) is 11.7. The maximum atomic E-state index is 5.06. The molecule has 2 heterocycles. The van der Waals surface area contributed by atoms with E-state index in [0.717, 1.165) is 17.8 Å². The Hall–Kier alpha value is -2.35. The summed E-state index contributed by atoms with van der Waals surface area (Å²) < 4.78 is 2.40. The first kappa shape index (κ1) is 16.1. The zero-order chi connectivity index (χ0) is 17.8. The number of allylic oxidation sites excluding steroid dienone is 1. The standard InChI is InChI=1S/C23H26N2/c1-22(2,3)15-16-13-18-11-12-23(4,5)25-20(18)19(14-16)24-21(25)17-9-7-6-8-10-17/h6-14H,15H2,1-5H3. The number of rotatable bonds is 2. The minimum Gasteiger partial charge on any atom is -0.314 e. The minimum atomic E-state index is -0.0849. The van der Waals surface area contributed by atoms with E-state index in [1.807, 2.05) is 0 Å². The smallest absolute Gasteiger partial charge is 0.141 e. The minimum absolute atomic E-state index is 0.0849. The van der Waals surface area contributed by atoms with Gasteiger partial charge in [-0.25, -0.2) is 4.98 Å². The molecule has 3 aromatic rings. The predicted octanol–water partition coefficient (Wildman–Crippen LogP) is 6.05. The van der Waals surface area contributed by atoms with Crippen LogP contribution in [-0.2, 0) is 12.0 Å². The van der Waals surface area contributed by atoms with Crippen molar-refractivity contribution in [3.8, 4) is 11.4 Å². The van der Waals surface area contributed by atoms with Crippen molar-refractivity contribution in [3.05, 3.63) is 59.7 Å². The second-order valence-corrected chi connectivity index (χ2v) is 8.91. The van der Waals surface area contributed by atoms with Gasteiger partial charge in [0.05, 0.1) is 16.6 Å². The fourth-order valence-electron chi connectivity index (χ4n) is 3.85. The van der Waals surface area contributed by atoms with E-state index < -0.39 is 0 Å². The van der Waals surface area contributed by atoms with E-state index in [0.29, 0.717) is 0 Å². The summed E-state index contributed by atoms with van der Waals surface area (Å²) >= 11 is 0. The molecule has 0 N–H and O–H groups in total. The average molecular weight is 330 g/mol. The Bertz CT molecular complexity index is 967. The lowest BCUT2D eigenvalue weighted by molar-refractivity contribution is 0.411. The van der Waals surface area contributed by atoms with Crippen LogP contribution in [0.2, 0.25) is 0 Å². The summed E-state index contributed by atoms with van der Waals surface area (Å²) in [6, 6.07) is 15.1. The Morgan fingerprint density at radius 2 is 1.76 bits per heavy atom. The molecule has 0 unspecified atom stereocenters. The van der Waals surface area contributed by atoms with Crippen LogP contribution in [0.25, 0.3) is 28.5 Å². The lowest BCUT2D eigenvalue weighted by Gasteiger charge is -2.30. The third kappa shape index (κ3) is 2.80. The van der Waals surface area contributed by atoms with Crippen LogP contribution in [0.15, 0.2) is 48.5 Å². The molecule has 2 nitrogen and oxygen atoms in total. The molecular formula is C23H26N2. The van der Waals surface area contributed by atoms with Crippen LogP contribution in [-0.4, -0.2) is 9.55 Å². The van der Waals surface area contributed by atoms with Crippen LogP contribution >= 0.6 is 0 Å². The van der Waals surface area contributed by atoms with E-state index in [2.05, 4.69) is 93.8 Å². The molecule has 25 heavy (non-hydrogen) atoms. The third-order valence-electron chi connectivity index (χ3n) is 4.85. The highest BCUT2D eigenvalue weighted by Gasteiger charge is 2.29. The molecule has 0 bridgehead atoms. The van der Waals surface area contributed by atoms with Crippen LogP contribution in [0.5, 0.6) is 0 Å². The molecule has 0 saturated heterocycles. The molecule has 0 saturated carbocycles. The van der Waals surface area contributed by atoms with Crippen molar-refractivity contribution < 1.29 is 0 Å². The number of hydrogen-bond acceptors (Lipinski definition) is 1. The molecule has 0 amide bonds. The summed E-state index contributed by atoms with van der Waals surface area (Å²) in [5, 5.41) is 0. The van der Waals surface area contributed by atoms with Crippen LogP contribution in [0, 0.1) is 5.41 Å². The normalized spacial score (nSPS) is 15.7. The second-order valence-electron chi connectivity index (χ2n) is 8.91. The third-order valence-corrected chi connectivity index (χ3v) is 4.85. The highest BCUT2D eigenvalue weighted by molar-refractivity contribution is 5.91. The van der Waals surface area contributed by atoms with Gasteiger partial charge < -0.3 is 4.57 Å². The number of imidazole rings is 1. The van der Waals surface area contributed by atoms with Crippen molar-refractivity contribution in [2.75, 3.05) is 0 Å². The molecule has 0 aliphatic carbocycles. The van der Waals surface area contributed by atoms with Gasteiger partial charge in [-0.15, -0.1) is 0 Å². The van der Waals surface area contributed by atoms with Crippen LogP contribution in [0.3, 0.4) is 0 Å². The number of benzene rings is 2. The number of hydrogen-bond donors (Lipinski definition) is 0. The highest BCUT2D eigenvalue weighted by Crippen LogP contribution is 2.38. The van der Waals surface area contributed by atoms with Crippen LogP contribution in [0.1, 0.15) is 45.7 Å². The highest BCUT2D eigenvalue weighted by atomic mass is 15.1.